The normalized spacial score (nSPS) is 16.5. The second-order valence-corrected chi connectivity index (χ2v) is 7.92. The van der Waals surface area contributed by atoms with Crippen molar-refractivity contribution in [2.45, 2.75) is 57.9 Å². The molecule has 0 bridgehead atoms. The smallest absolute Gasteiger partial charge is 0.221 e. The molecule has 0 saturated heterocycles. The standard InChI is InChI=1S/C21H32N4O3/c1-16(27)23-18-11-7-8-12-19(18)28-14-21(2,24-20(22)25(3)15-26)13-17-9-5-4-6-10-17/h7-8,11-12,15,17H,4-6,9-10,13-14H2,1-3H3,(H2,22,24)(H,23,27). The highest BCUT2D eigenvalue weighted by atomic mass is 16.5. The summed E-state index contributed by atoms with van der Waals surface area (Å²) in [5.41, 5.74) is 0.106. The molecule has 1 unspecified atom stereocenters. The zero-order valence-electron chi connectivity index (χ0n) is 17.1. The van der Waals surface area contributed by atoms with E-state index in [1.54, 1.807) is 13.1 Å². The fourth-order valence-corrected chi connectivity index (χ4v) is 3.72. The Labute approximate surface area is 167 Å². The van der Waals surface area contributed by atoms with Crippen molar-refractivity contribution >= 4 is 24.0 Å². The Kier molecular flexibility index (Phi) is 7.84. The molecule has 7 heteroatoms. The Balaban J connectivity index is 2.13. The molecule has 7 nitrogen and oxygen atoms in total. The van der Waals surface area contributed by atoms with Crippen LogP contribution in [0.2, 0.25) is 0 Å². The maximum Gasteiger partial charge on any atom is 0.221 e. The van der Waals surface area contributed by atoms with Crippen molar-refractivity contribution < 1.29 is 14.3 Å². The van der Waals surface area contributed by atoms with E-state index in [9.17, 15) is 9.59 Å². The van der Waals surface area contributed by atoms with Gasteiger partial charge in [0.2, 0.25) is 12.3 Å². The molecule has 1 fully saturated rings. The van der Waals surface area contributed by atoms with Gasteiger partial charge in [0.15, 0.2) is 5.96 Å². The average molecular weight is 389 g/mol. The van der Waals surface area contributed by atoms with Gasteiger partial charge in [0.25, 0.3) is 0 Å². The molecule has 0 aliphatic heterocycles. The van der Waals surface area contributed by atoms with Crippen molar-refractivity contribution in [3.8, 4) is 5.75 Å². The number of ether oxygens (including phenoxy) is 1. The van der Waals surface area contributed by atoms with E-state index >= 15 is 0 Å². The Bertz CT molecular complexity index is 688. The molecule has 2 amide bonds. The fourth-order valence-electron chi connectivity index (χ4n) is 3.72. The van der Waals surface area contributed by atoms with E-state index in [1.165, 1.54) is 43.9 Å². The molecule has 3 N–H and O–H groups in total. The van der Waals surface area contributed by atoms with Crippen LogP contribution in [0.4, 0.5) is 5.69 Å². The molecule has 0 heterocycles. The Hall–Kier alpha value is -2.57. The maximum atomic E-state index is 11.4. The van der Waals surface area contributed by atoms with Crippen molar-refractivity contribution in [3.63, 3.8) is 0 Å². The third-order valence-electron chi connectivity index (χ3n) is 5.14. The van der Waals surface area contributed by atoms with Gasteiger partial charge >= 0.3 is 0 Å². The minimum atomic E-state index is -0.514. The van der Waals surface area contributed by atoms with Crippen molar-refractivity contribution in [3.05, 3.63) is 24.3 Å². The van der Waals surface area contributed by atoms with Gasteiger partial charge in [0.05, 0.1) is 11.2 Å². The summed E-state index contributed by atoms with van der Waals surface area (Å²) in [6.07, 6.45) is 7.57. The predicted octanol–water partition coefficient (Wildman–Crippen LogP) is 3.37. The third kappa shape index (κ3) is 6.55. The van der Waals surface area contributed by atoms with Gasteiger partial charge < -0.3 is 15.4 Å². The summed E-state index contributed by atoms with van der Waals surface area (Å²) in [4.78, 5) is 23.7. The van der Waals surface area contributed by atoms with E-state index in [0.29, 0.717) is 30.4 Å². The van der Waals surface area contributed by atoms with E-state index < -0.39 is 5.54 Å². The van der Waals surface area contributed by atoms with Crippen LogP contribution in [0.5, 0.6) is 5.75 Å². The summed E-state index contributed by atoms with van der Waals surface area (Å²) >= 11 is 0. The van der Waals surface area contributed by atoms with Crippen molar-refractivity contribution in [1.82, 2.24) is 10.2 Å². The summed E-state index contributed by atoms with van der Waals surface area (Å²) in [6, 6.07) is 7.31. The van der Waals surface area contributed by atoms with Crippen molar-refractivity contribution in [1.29, 1.82) is 5.41 Å². The summed E-state index contributed by atoms with van der Waals surface area (Å²) in [6.45, 7) is 3.80. The minimum Gasteiger partial charge on any atom is -0.489 e. The van der Waals surface area contributed by atoms with Crippen LogP contribution < -0.4 is 15.4 Å². The molecule has 28 heavy (non-hydrogen) atoms. The highest BCUT2D eigenvalue weighted by Crippen LogP contribution is 2.32. The maximum absolute atomic E-state index is 11.4. The van der Waals surface area contributed by atoms with E-state index in [-0.39, 0.29) is 11.9 Å². The van der Waals surface area contributed by atoms with Crippen molar-refractivity contribution in [2.75, 3.05) is 19.0 Å². The van der Waals surface area contributed by atoms with Crippen LogP contribution in [-0.2, 0) is 9.59 Å². The van der Waals surface area contributed by atoms with E-state index in [0.717, 1.165) is 6.42 Å². The third-order valence-corrected chi connectivity index (χ3v) is 5.14. The van der Waals surface area contributed by atoms with Gasteiger partial charge in [-0.25, -0.2) is 0 Å². The SMILES string of the molecule is CC(=O)Nc1ccccc1OCC(C)(CC1CCCCC1)NC(=N)N(C)C=O. The van der Waals surface area contributed by atoms with Crippen molar-refractivity contribution in [2.24, 2.45) is 5.92 Å². The number of para-hydroxylation sites is 2. The molecule has 2 rings (SSSR count). The quantitative estimate of drug-likeness (QED) is 0.361. The summed E-state index contributed by atoms with van der Waals surface area (Å²) in [5.74, 6) is 1.04. The van der Waals surface area contributed by atoms with Gasteiger partial charge in [0, 0.05) is 14.0 Å². The van der Waals surface area contributed by atoms with Gasteiger partial charge in [-0.1, -0.05) is 44.2 Å². The number of nitrogens with zero attached hydrogens (tertiary/aromatic N) is 1. The lowest BCUT2D eigenvalue weighted by Crippen LogP contribution is -2.55. The number of guanidine groups is 1. The Morgan fingerprint density at radius 1 is 1.32 bits per heavy atom. The zero-order chi connectivity index (χ0) is 20.6. The van der Waals surface area contributed by atoms with Gasteiger partial charge in [-0.15, -0.1) is 0 Å². The lowest BCUT2D eigenvalue weighted by molar-refractivity contribution is -0.115. The average Bonchev–Trinajstić information content (AvgIpc) is 2.67. The van der Waals surface area contributed by atoms with Crippen LogP contribution in [0.1, 0.15) is 52.4 Å². The lowest BCUT2D eigenvalue weighted by Gasteiger charge is -2.37. The molecule has 1 atom stereocenters. The summed E-state index contributed by atoms with van der Waals surface area (Å²) in [5, 5.41) is 14.1. The molecule has 1 aromatic rings. The van der Waals surface area contributed by atoms with Crippen LogP contribution in [0, 0.1) is 11.3 Å². The van der Waals surface area contributed by atoms with Gasteiger partial charge in [0.1, 0.15) is 12.4 Å². The number of rotatable bonds is 8. The second-order valence-electron chi connectivity index (χ2n) is 7.92. The summed E-state index contributed by atoms with van der Waals surface area (Å²) in [7, 11) is 1.55. The largest absolute Gasteiger partial charge is 0.489 e. The first kappa shape index (κ1) is 21.7. The molecule has 1 saturated carbocycles. The van der Waals surface area contributed by atoms with Crippen LogP contribution in [-0.4, -0.2) is 42.4 Å². The molecule has 154 valence electrons. The molecule has 0 spiro atoms. The zero-order valence-corrected chi connectivity index (χ0v) is 17.1. The van der Waals surface area contributed by atoms with Gasteiger partial charge in [-0.05, 0) is 31.4 Å². The predicted molar refractivity (Wildman–Crippen MR) is 111 cm³/mol. The second kappa shape index (κ2) is 10.1. The van der Waals surface area contributed by atoms with E-state index in [2.05, 4.69) is 10.6 Å². The topological polar surface area (TPSA) is 94.5 Å². The van der Waals surface area contributed by atoms with Crippen LogP contribution in [0.15, 0.2) is 24.3 Å². The van der Waals surface area contributed by atoms with Gasteiger partial charge in [-0.3, -0.25) is 19.9 Å². The minimum absolute atomic E-state index is 0.0482. The van der Waals surface area contributed by atoms with E-state index in [1.807, 2.05) is 25.1 Å². The number of carbonyl (C=O) groups is 2. The highest BCUT2D eigenvalue weighted by molar-refractivity contribution is 5.90. The van der Waals surface area contributed by atoms with Crippen LogP contribution >= 0.6 is 0 Å². The first-order valence-corrected chi connectivity index (χ1v) is 9.87. The highest BCUT2D eigenvalue weighted by Gasteiger charge is 2.32. The molecule has 1 aromatic carbocycles. The van der Waals surface area contributed by atoms with Crippen LogP contribution in [0.25, 0.3) is 0 Å². The van der Waals surface area contributed by atoms with Gasteiger partial charge in [-0.2, -0.15) is 0 Å². The Morgan fingerprint density at radius 3 is 2.64 bits per heavy atom. The Morgan fingerprint density at radius 2 is 2.00 bits per heavy atom. The number of hydrogen-bond acceptors (Lipinski definition) is 4. The van der Waals surface area contributed by atoms with E-state index in [4.69, 9.17) is 10.1 Å². The molecule has 0 aromatic heterocycles. The lowest BCUT2D eigenvalue weighted by atomic mass is 9.80. The number of benzene rings is 1. The number of hydrogen-bond donors (Lipinski definition) is 3. The monoisotopic (exact) mass is 388 g/mol. The molecule has 0 radical (unpaired) electrons. The fraction of sp³-hybridized carbons (Fsp3) is 0.571. The number of carbonyl (C=O) groups excluding carboxylic acids is 2. The number of amides is 2. The summed E-state index contributed by atoms with van der Waals surface area (Å²) < 4.78 is 6.08. The molecule has 1 aliphatic rings. The number of nitrogens with one attached hydrogen (secondary N) is 3. The first-order chi connectivity index (χ1) is 13.3. The molecular formula is C21H32N4O3. The van der Waals surface area contributed by atoms with Crippen LogP contribution in [0.3, 0.4) is 0 Å². The number of anilines is 1. The first-order valence-electron chi connectivity index (χ1n) is 9.87. The molecule has 1 aliphatic carbocycles. The molecular weight excluding hydrogens is 356 g/mol.